The molecule has 3 aromatic rings. The number of fused-ring (bicyclic) bond motifs is 5. The number of rotatable bonds is 9. The van der Waals surface area contributed by atoms with Crippen LogP contribution in [0.3, 0.4) is 0 Å². The smallest absolute Gasteiger partial charge is 0.338 e. The van der Waals surface area contributed by atoms with Gasteiger partial charge in [-0.15, -0.1) is 0 Å². The number of hydrogen-bond acceptors (Lipinski definition) is 15. The Morgan fingerprint density at radius 1 is 0.881 bits per heavy atom. The van der Waals surface area contributed by atoms with Gasteiger partial charge >= 0.3 is 17.9 Å². The van der Waals surface area contributed by atoms with Crippen LogP contribution in [0.25, 0.3) is 0 Å². The van der Waals surface area contributed by atoms with Crippen molar-refractivity contribution in [3.05, 3.63) is 107 Å². The van der Waals surface area contributed by atoms with Gasteiger partial charge in [-0.1, -0.05) is 69.3 Å². The second kappa shape index (κ2) is 15.3. The quantitative estimate of drug-likeness (QED) is 0.0919. The lowest BCUT2D eigenvalue weighted by molar-refractivity contribution is -0.370. The molecule has 3 aliphatic carbocycles. The Hall–Kier alpha value is -4.94. The van der Waals surface area contributed by atoms with Crippen molar-refractivity contribution < 1.29 is 73.2 Å². The molecule has 16 nitrogen and oxygen atoms in total. The number of aliphatic hydroxyl groups is 6. The number of aliphatic hydroxyl groups excluding tert-OH is 5. The molecule has 1 aromatic heterocycles. The van der Waals surface area contributed by atoms with E-state index in [2.05, 4.69) is 5.32 Å². The van der Waals surface area contributed by atoms with Gasteiger partial charge < -0.3 is 59.3 Å². The molecule has 7 N–H and O–H groups in total. The second-order valence-electron chi connectivity index (χ2n) is 16.7. The van der Waals surface area contributed by atoms with E-state index in [9.17, 15) is 49.8 Å². The first-order valence-electron chi connectivity index (χ1n) is 19.3. The minimum Gasteiger partial charge on any atom is -0.459 e. The maximum absolute atomic E-state index is 14.2. The lowest BCUT2D eigenvalue weighted by Gasteiger charge is -2.69. The average molecular weight is 820 g/mol. The maximum Gasteiger partial charge on any atom is 0.338 e. The summed E-state index contributed by atoms with van der Waals surface area (Å²) >= 11 is 0. The number of furan rings is 1. The Kier molecular flexibility index (Phi) is 10.9. The lowest BCUT2D eigenvalue weighted by Crippen LogP contribution is -2.84. The van der Waals surface area contributed by atoms with Crippen LogP contribution in [0, 0.1) is 16.7 Å². The molecule has 1 aliphatic heterocycles. The highest BCUT2D eigenvalue weighted by atomic mass is 16.6. The van der Waals surface area contributed by atoms with E-state index in [0.29, 0.717) is 0 Å². The van der Waals surface area contributed by atoms with E-state index in [1.807, 2.05) is 0 Å². The van der Waals surface area contributed by atoms with Gasteiger partial charge in [0.25, 0.3) is 5.91 Å². The third-order valence-corrected chi connectivity index (χ3v) is 13.2. The highest BCUT2D eigenvalue weighted by molar-refractivity contribution is 5.92. The Morgan fingerprint density at radius 3 is 2.10 bits per heavy atom. The molecule has 1 unspecified atom stereocenters. The van der Waals surface area contributed by atoms with Crippen molar-refractivity contribution in [1.82, 2.24) is 5.32 Å². The number of ether oxygens (including phenoxy) is 4. The third-order valence-electron chi connectivity index (χ3n) is 13.2. The number of benzene rings is 2. The van der Waals surface area contributed by atoms with Crippen LogP contribution in [0.1, 0.15) is 73.6 Å². The normalized spacial score (nSPS) is 35.6. The minimum atomic E-state index is -2.80. The number of carbonyl (C=O) groups is 4. The molecule has 2 saturated carbocycles. The van der Waals surface area contributed by atoms with Gasteiger partial charge in [0.1, 0.15) is 30.0 Å². The van der Waals surface area contributed by atoms with E-state index in [0.717, 1.165) is 6.92 Å². The first kappa shape index (κ1) is 42.2. The molecule has 316 valence electrons. The van der Waals surface area contributed by atoms with Crippen LogP contribution in [-0.4, -0.2) is 121 Å². The maximum atomic E-state index is 14.2. The molecule has 1 amide bonds. The molecule has 1 saturated heterocycles. The molecule has 13 atom stereocenters. The average Bonchev–Trinajstić information content (AvgIpc) is 3.76. The number of esters is 3. The van der Waals surface area contributed by atoms with Gasteiger partial charge in [0, 0.05) is 24.2 Å². The number of amides is 1. The minimum absolute atomic E-state index is 0.0180. The van der Waals surface area contributed by atoms with Crippen LogP contribution in [0.2, 0.25) is 0 Å². The van der Waals surface area contributed by atoms with Crippen LogP contribution >= 0.6 is 0 Å². The molecule has 2 heterocycles. The Bertz CT molecular complexity index is 2110. The van der Waals surface area contributed by atoms with Gasteiger partial charge in [-0.05, 0) is 47.9 Å². The molecule has 16 heteroatoms. The largest absolute Gasteiger partial charge is 0.459 e. The van der Waals surface area contributed by atoms with Crippen LogP contribution in [0.4, 0.5) is 0 Å². The Labute approximate surface area is 339 Å². The van der Waals surface area contributed by atoms with E-state index in [1.165, 1.54) is 58.2 Å². The Morgan fingerprint density at radius 2 is 1.53 bits per heavy atom. The summed E-state index contributed by atoms with van der Waals surface area (Å²) in [5.74, 6) is -5.68. The first-order valence-corrected chi connectivity index (χ1v) is 19.3. The Balaban J connectivity index is 1.37. The zero-order chi connectivity index (χ0) is 42.8. The number of hydrogen-bond donors (Lipinski definition) is 7. The molecule has 2 aromatic carbocycles. The molecule has 59 heavy (non-hydrogen) atoms. The molecule has 0 spiro atoms. The summed E-state index contributed by atoms with van der Waals surface area (Å²) < 4.78 is 29.1. The summed E-state index contributed by atoms with van der Waals surface area (Å²) in [6.45, 7) is 6.47. The van der Waals surface area contributed by atoms with Crippen molar-refractivity contribution in [3.63, 3.8) is 0 Å². The fraction of sp³-hybridized carbons (Fsp3) is 0.488. The van der Waals surface area contributed by atoms with Gasteiger partial charge in [0.2, 0.25) is 0 Å². The summed E-state index contributed by atoms with van der Waals surface area (Å²) in [5, 5.41) is 76.9. The number of carbonyl (C=O) groups excluding carboxylic acids is 4. The summed E-state index contributed by atoms with van der Waals surface area (Å²) in [4.78, 5) is 54.3. The number of nitrogens with one attached hydrogen (secondary N) is 1. The van der Waals surface area contributed by atoms with Gasteiger partial charge in [0.15, 0.2) is 23.6 Å². The van der Waals surface area contributed by atoms with Gasteiger partial charge in [-0.2, -0.15) is 0 Å². The second-order valence-corrected chi connectivity index (χ2v) is 16.7. The first-order chi connectivity index (χ1) is 27.8. The summed E-state index contributed by atoms with van der Waals surface area (Å²) in [5.41, 5.74) is -8.25. The molecular weight excluding hydrogens is 770 g/mol. The molecule has 0 radical (unpaired) electrons. The fourth-order valence-corrected chi connectivity index (χ4v) is 10.1. The monoisotopic (exact) mass is 819 g/mol. The summed E-state index contributed by atoms with van der Waals surface area (Å²) in [6, 6.07) is 17.1. The van der Waals surface area contributed by atoms with Crippen molar-refractivity contribution in [1.29, 1.82) is 0 Å². The molecule has 2 bridgehead atoms. The van der Waals surface area contributed by atoms with Gasteiger partial charge in [0.05, 0.1) is 42.6 Å². The predicted molar refractivity (Wildman–Crippen MR) is 203 cm³/mol. The van der Waals surface area contributed by atoms with Crippen molar-refractivity contribution in [2.24, 2.45) is 16.7 Å². The molecular formula is C43H49NO15. The van der Waals surface area contributed by atoms with Crippen molar-refractivity contribution in [2.75, 3.05) is 6.61 Å². The fourth-order valence-electron chi connectivity index (χ4n) is 10.1. The van der Waals surface area contributed by atoms with E-state index < -0.39 is 107 Å². The standard InChI is InChI=1S/C43H49NO15/c1-21-28-30(47)34(49)41(5)26(46)19-27-42(20-56-27,59-22(2)45)33(41)36(58-38(52)24-15-10-7-11-16-24)43(54,40(28,3)4)35(50)32(21)57-39(53)31(48)29(23-13-8-6-9-14-23)44-37(51)25-17-12-18-55-25/h6-18,26-27,29-36,46-50,54H,19-20H2,1-5H3,(H,44,51)/t26-,27+,29-,30+,31+,32+,33?,34+,35-,36-,41+,42-,43+/m0/s1. The zero-order valence-corrected chi connectivity index (χ0v) is 33.1. The van der Waals surface area contributed by atoms with E-state index >= 15 is 0 Å². The summed E-state index contributed by atoms with van der Waals surface area (Å²) in [6.07, 6.45) is -13.7. The van der Waals surface area contributed by atoms with Crippen LogP contribution in [0.15, 0.2) is 94.6 Å². The van der Waals surface area contributed by atoms with Crippen molar-refractivity contribution >= 4 is 23.8 Å². The SMILES string of the molecule is CC(=O)O[C@@]12CO[C@@H]1C[C@H](O)[C@]1(C)C2[C@H](OC(=O)c2ccccc2)[C@]2(O)[C@@H](O)[C@H](OC(=O)[C@H](O)[C@@H](NC(=O)c3ccco3)c3ccccc3)C(C)=C([C@@H](O)[C@H]1O)C2(C)C. The van der Waals surface area contributed by atoms with Crippen molar-refractivity contribution in [3.8, 4) is 0 Å². The van der Waals surface area contributed by atoms with Crippen LogP contribution in [-0.2, 0) is 28.5 Å². The third kappa shape index (κ3) is 6.48. The van der Waals surface area contributed by atoms with Crippen molar-refractivity contribution in [2.45, 2.75) is 107 Å². The lowest BCUT2D eigenvalue weighted by atomic mass is 9.44. The van der Waals surface area contributed by atoms with Crippen LogP contribution < -0.4 is 5.32 Å². The highest BCUT2D eigenvalue weighted by Gasteiger charge is 2.79. The zero-order valence-electron chi connectivity index (χ0n) is 33.1. The van der Waals surface area contributed by atoms with E-state index in [1.54, 1.807) is 48.5 Å². The highest BCUT2D eigenvalue weighted by Crippen LogP contribution is 2.65. The topological polar surface area (TPSA) is 252 Å². The van der Waals surface area contributed by atoms with Gasteiger partial charge in [-0.3, -0.25) is 9.59 Å². The molecule has 7 rings (SSSR count). The van der Waals surface area contributed by atoms with E-state index in [-0.39, 0.29) is 41.1 Å². The summed E-state index contributed by atoms with van der Waals surface area (Å²) in [7, 11) is 0. The molecule has 4 aliphatic rings. The molecule has 3 fully saturated rings. The van der Waals surface area contributed by atoms with E-state index in [4.69, 9.17) is 23.4 Å². The predicted octanol–water partition coefficient (Wildman–Crippen LogP) is 1.52. The van der Waals surface area contributed by atoms with Gasteiger partial charge in [-0.25, -0.2) is 9.59 Å². The van der Waals surface area contributed by atoms with Crippen LogP contribution in [0.5, 0.6) is 0 Å².